The van der Waals surface area contributed by atoms with Crippen molar-refractivity contribution in [1.82, 2.24) is 5.32 Å². The Hall–Kier alpha value is -0.430. The summed E-state index contributed by atoms with van der Waals surface area (Å²) in [5.41, 5.74) is 1.12. The lowest BCUT2D eigenvalue weighted by Crippen LogP contribution is -2.42. The summed E-state index contributed by atoms with van der Waals surface area (Å²) in [6.45, 7) is 9.32. The maximum Gasteiger partial charge on any atom is 0.265 e. The fourth-order valence-electron chi connectivity index (χ4n) is 1.72. The summed E-state index contributed by atoms with van der Waals surface area (Å²) in [5, 5.41) is 3.29. The van der Waals surface area contributed by atoms with E-state index in [1.165, 1.54) is 0 Å². The van der Waals surface area contributed by atoms with E-state index in [1.807, 2.05) is 6.92 Å². The van der Waals surface area contributed by atoms with E-state index < -0.39 is 10.1 Å². The molecule has 0 unspecified atom stereocenters. The third kappa shape index (κ3) is 12.0. The second kappa shape index (κ2) is 7.89. The molecule has 0 bridgehead atoms. The SMILES string of the molecule is C=C(C)CNCCC[N+](C)(C)CCCS(=O)(=O)O. The smallest absolute Gasteiger partial charge is 0.265 e. The van der Waals surface area contributed by atoms with Crippen LogP contribution in [0.25, 0.3) is 0 Å². The summed E-state index contributed by atoms with van der Waals surface area (Å²) >= 11 is 0. The van der Waals surface area contributed by atoms with E-state index in [4.69, 9.17) is 4.55 Å². The second-order valence-electron chi connectivity index (χ2n) is 5.51. The van der Waals surface area contributed by atoms with Crippen LogP contribution in [-0.2, 0) is 10.1 Å². The zero-order valence-corrected chi connectivity index (χ0v) is 12.6. The molecule has 0 rings (SSSR count). The number of rotatable bonds is 10. The van der Waals surface area contributed by atoms with Gasteiger partial charge in [-0.05, 0) is 6.92 Å². The number of hydrogen-bond acceptors (Lipinski definition) is 3. The number of quaternary nitrogens is 1. The molecule has 0 aliphatic heterocycles. The Bertz CT molecular complexity index is 350. The quantitative estimate of drug-likeness (QED) is 0.270. The number of nitrogens with zero attached hydrogens (tertiary/aromatic N) is 1. The molecule has 0 aliphatic rings. The summed E-state index contributed by atoms with van der Waals surface area (Å²) < 4.78 is 30.6. The Morgan fingerprint density at radius 1 is 1.28 bits per heavy atom. The van der Waals surface area contributed by atoms with Crippen molar-refractivity contribution in [3.05, 3.63) is 12.2 Å². The topological polar surface area (TPSA) is 66.4 Å². The van der Waals surface area contributed by atoms with Crippen molar-refractivity contribution >= 4 is 10.1 Å². The molecule has 108 valence electrons. The van der Waals surface area contributed by atoms with Crippen molar-refractivity contribution in [3.63, 3.8) is 0 Å². The summed E-state index contributed by atoms with van der Waals surface area (Å²) in [5.74, 6) is -0.150. The van der Waals surface area contributed by atoms with Crippen LogP contribution in [0.4, 0.5) is 0 Å². The third-order valence-electron chi connectivity index (χ3n) is 2.71. The zero-order valence-electron chi connectivity index (χ0n) is 11.8. The lowest BCUT2D eigenvalue weighted by atomic mass is 10.3. The van der Waals surface area contributed by atoms with Crippen LogP contribution in [-0.4, -0.2) is 63.5 Å². The first-order valence-electron chi connectivity index (χ1n) is 6.25. The maximum absolute atomic E-state index is 10.6. The van der Waals surface area contributed by atoms with Crippen LogP contribution in [0.5, 0.6) is 0 Å². The van der Waals surface area contributed by atoms with E-state index in [-0.39, 0.29) is 5.75 Å². The van der Waals surface area contributed by atoms with Gasteiger partial charge in [-0.2, -0.15) is 8.42 Å². The normalized spacial score (nSPS) is 12.7. The molecule has 0 amide bonds. The Labute approximate surface area is 111 Å². The molecule has 0 heterocycles. The van der Waals surface area contributed by atoms with Gasteiger partial charge in [0.15, 0.2) is 0 Å². The predicted molar refractivity (Wildman–Crippen MR) is 75.2 cm³/mol. The molecule has 2 N–H and O–H groups in total. The highest BCUT2D eigenvalue weighted by atomic mass is 32.2. The number of hydrogen-bond donors (Lipinski definition) is 2. The highest BCUT2D eigenvalue weighted by molar-refractivity contribution is 7.85. The van der Waals surface area contributed by atoms with Gasteiger partial charge in [-0.15, -0.1) is 0 Å². The van der Waals surface area contributed by atoms with Gasteiger partial charge in [-0.1, -0.05) is 12.2 Å². The Balaban J connectivity index is 3.70. The molecule has 0 aromatic heterocycles. The van der Waals surface area contributed by atoms with Gasteiger partial charge >= 0.3 is 0 Å². The molecule has 0 spiro atoms. The molecule has 5 nitrogen and oxygen atoms in total. The average Bonchev–Trinajstić information content (AvgIpc) is 2.13. The minimum absolute atomic E-state index is 0.150. The molecule has 0 saturated heterocycles. The van der Waals surface area contributed by atoms with Crippen molar-refractivity contribution < 1.29 is 17.5 Å². The van der Waals surface area contributed by atoms with Crippen molar-refractivity contribution in [1.29, 1.82) is 0 Å². The highest BCUT2D eigenvalue weighted by Gasteiger charge is 2.15. The fraction of sp³-hybridized carbons (Fsp3) is 0.833. The zero-order chi connectivity index (χ0) is 14.2. The molecular weight excluding hydrogens is 252 g/mol. The van der Waals surface area contributed by atoms with Crippen molar-refractivity contribution in [2.24, 2.45) is 0 Å². The van der Waals surface area contributed by atoms with Gasteiger partial charge in [0.1, 0.15) is 0 Å². The molecule has 0 aliphatic carbocycles. The van der Waals surface area contributed by atoms with Crippen LogP contribution in [0.1, 0.15) is 19.8 Å². The first-order valence-corrected chi connectivity index (χ1v) is 7.85. The van der Waals surface area contributed by atoms with Crippen molar-refractivity contribution in [3.8, 4) is 0 Å². The van der Waals surface area contributed by atoms with Gasteiger partial charge < -0.3 is 9.80 Å². The molecule has 0 atom stereocenters. The molecule has 0 aromatic carbocycles. The van der Waals surface area contributed by atoms with Crippen molar-refractivity contribution in [2.75, 3.05) is 46.0 Å². The van der Waals surface area contributed by atoms with Gasteiger partial charge in [0, 0.05) is 25.9 Å². The van der Waals surface area contributed by atoms with Gasteiger partial charge in [0.05, 0.1) is 32.9 Å². The van der Waals surface area contributed by atoms with Crippen molar-refractivity contribution in [2.45, 2.75) is 19.8 Å². The van der Waals surface area contributed by atoms with E-state index in [1.54, 1.807) is 0 Å². The third-order valence-corrected chi connectivity index (χ3v) is 3.51. The number of nitrogens with one attached hydrogen (secondary N) is 1. The van der Waals surface area contributed by atoms with Crippen LogP contribution in [0, 0.1) is 0 Å². The Morgan fingerprint density at radius 2 is 1.83 bits per heavy atom. The maximum atomic E-state index is 10.6. The lowest BCUT2D eigenvalue weighted by Gasteiger charge is -2.29. The summed E-state index contributed by atoms with van der Waals surface area (Å²) in [7, 11) is 0.327. The second-order valence-corrected chi connectivity index (χ2v) is 7.08. The molecule has 6 heteroatoms. The predicted octanol–water partition coefficient (Wildman–Crippen LogP) is 0.897. The average molecular weight is 279 g/mol. The van der Waals surface area contributed by atoms with Gasteiger partial charge in [-0.25, -0.2) is 0 Å². The van der Waals surface area contributed by atoms with Gasteiger partial charge in [0.2, 0.25) is 0 Å². The van der Waals surface area contributed by atoms with Gasteiger partial charge in [-0.3, -0.25) is 4.55 Å². The van der Waals surface area contributed by atoms with Crippen LogP contribution in [0.2, 0.25) is 0 Å². The minimum Gasteiger partial charge on any atom is -0.328 e. The van der Waals surface area contributed by atoms with E-state index in [2.05, 4.69) is 26.0 Å². The van der Waals surface area contributed by atoms with Crippen LogP contribution in [0.15, 0.2) is 12.2 Å². The van der Waals surface area contributed by atoms with E-state index in [0.717, 1.165) is 42.7 Å². The summed E-state index contributed by atoms with van der Waals surface area (Å²) in [4.78, 5) is 0. The molecule has 0 radical (unpaired) electrons. The molecule has 0 aromatic rings. The first-order chi connectivity index (χ1) is 8.12. The standard InChI is InChI=1S/C12H26N2O3S/c1-12(2)11-13-7-5-8-14(3,4)9-6-10-18(15,16)17/h13H,1,5-11H2,2-4H3/p+1. The lowest BCUT2D eigenvalue weighted by molar-refractivity contribution is -0.890. The van der Waals surface area contributed by atoms with E-state index in [0.29, 0.717) is 6.42 Å². The minimum atomic E-state index is -3.82. The Kier molecular flexibility index (Phi) is 7.70. The van der Waals surface area contributed by atoms with Gasteiger partial charge in [0.25, 0.3) is 10.1 Å². The van der Waals surface area contributed by atoms with E-state index >= 15 is 0 Å². The van der Waals surface area contributed by atoms with Crippen LogP contribution < -0.4 is 5.32 Å². The molecule has 18 heavy (non-hydrogen) atoms. The van der Waals surface area contributed by atoms with Crippen LogP contribution in [0.3, 0.4) is 0 Å². The van der Waals surface area contributed by atoms with Crippen LogP contribution >= 0.6 is 0 Å². The molecule has 0 saturated carbocycles. The fourth-order valence-corrected chi connectivity index (χ4v) is 2.21. The Morgan fingerprint density at radius 3 is 2.33 bits per heavy atom. The first kappa shape index (κ1) is 17.6. The molecular formula is C12H27N2O3S+. The monoisotopic (exact) mass is 279 g/mol. The largest absolute Gasteiger partial charge is 0.328 e. The highest BCUT2D eigenvalue weighted by Crippen LogP contribution is 2.02. The molecule has 0 fully saturated rings. The summed E-state index contributed by atoms with van der Waals surface area (Å²) in [6, 6.07) is 0. The summed E-state index contributed by atoms with van der Waals surface area (Å²) in [6.07, 6.45) is 1.52. The van der Waals surface area contributed by atoms with E-state index in [9.17, 15) is 8.42 Å².